The van der Waals surface area contributed by atoms with Crippen molar-refractivity contribution in [3.63, 3.8) is 0 Å². The molecule has 1 N–H and O–H groups in total. The Labute approximate surface area is 176 Å². The summed E-state index contributed by atoms with van der Waals surface area (Å²) in [4.78, 5) is 12.9. The van der Waals surface area contributed by atoms with E-state index in [1.54, 1.807) is 6.07 Å². The zero-order valence-electron chi connectivity index (χ0n) is 15.7. The molecule has 0 fully saturated rings. The summed E-state index contributed by atoms with van der Waals surface area (Å²) >= 11 is 7.19. The third kappa shape index (κ3) is 5.46. The Bertz CT molecular complexity index is 1020. The quantitative estimate of drug-likeness (QED) is 0.462. The normalized spacial score (nSPS) is 10.8. The first-order valence-corrected chi connectivity index (χ1v) is 9.91. The highest BCUT2D eigenvalue weighted by atomic mass is 35.5. The highest BCUT2D eigenvalue weighted by Crippen LogP contribution is 2.29. The molecule has 8 heteroatoms. The molecule has 3 rings (SSSR count). The van der Waals surface area contributed by atoms with Crippen LogP contribution in [0, 0.1) is 13.8 Å². The molecule has 1 heterocycles. The van der Waals surface area contributed by atoms with E-state index in [4.69, 9.17) is 16.3 Å². The summed E-state index contributed by atoms with van der Waals surface area (Å²) in [6.07, 6.45) is 0. The van der Waals surface area contributed by atoms with Crippen LogP contribution in [-0.2, 0) is 6.61 Å². The largest absolute Gasteiger partial charge is 0.489 e. The minimum Gasteiger partial charge on any atom is -0.489 e. The molecule has 1 amide bonds. The van der Waals surface area contributed by atoms with Crippen LogP contribution in [0.25, 0.3) is 0 Å². The second-order valence-electron chi connectivity index (χ2n) is 6.28. The van der Waals surface area contributed by atoms with Crippen molar-refractivity contribution < 1.29 is 23.0 Å². The van der Waals surface area contributed by atoms with Crippen LogP contribution >= 0.6 is 22.9 Å². The smallest absolute Gasteiger partial charge is 0.387 e. The third-order valence-corrected chi connectivity index (χ3v) is 5.51. The number of halogens is 3. The predicted octanol–water partition coefficient (Wildman–Crippen LogP) is 6.45. The van der Waals surface area contributed by atoms with E-state index < -0.39 is 6.61 Å². The summed E-state index contributed by atoms with van der Waals surface area (Å²) in [6, 6.07) is 11.7. The Morgan fingerprint density at radius 1 is 1.17 bits per heavy atom. The lowest BCUT2D eigenvalue weighted by Gasteiger charge is -2.10. The molecule has 3 aromatic rings. The molecule has 0 bridgehead atoms. The zero-order chi connectivity index (χ0) is 21.0. The molecule has 0 saturated heterocycles. The highest BCUT2D eigenvalue weighted by Gasteiger charge is 2.13. The number of hydrogen-bond acceptors (Lipinski definition) is 4. The Balaban J connectivity index is 1.62. The SMILES string of the molecule is Cc1cccc(OCc2csc(C(=O)Nc3ccc(OC(F)F)c(Cl)c3)c2)c1C. The van der Waals surface area contributed by atoms with Crippen molar-refractivity contribution in [1.29, 1.82) is 0 Å². The number of anilines is 1. The molecule has 0 aliphatic carbocycles. The van der Waals surface area contributed by atoms with Crippen molar-refractivity contribution >= 4 is 34.5 Å². The monoisotopic (exact) mass is 437 g/mol. The molecule has 0 unspecified atom stereocenters. The first-order valence-electron chi connectivity index (χ1n) is 8.65. The van der Waals surface area contributed by atoms with Crippen molar-refractivity contribution in [3.05, 3.63) is 74.4 Å². The van der Waals surface area contributed by atoms with E-state index in [9.17, 15) is 13.6 Å². The molecule has 0 aliphatic heterocycles. The number of hydrogen-bond donors (Lipinski definition) is 1. The van der Waals surface area contributed by atoms with Crippen molar-refractivity contribution in [2.75, 3.05) is 5.32 Å². The molecule has 0 atom stereocenters. The molecule has 2 aromatic carbocycles. The second kappa shape index (κ2) is 9.24. The molecule has 0 aliphatic rings. The van der Waals surface area contributed by atoms with Crippen LogP contribution in [-0.4, -0.2) is 12.5 Å². The van der Waals surface area contributed by atoms with E-state index in [1.807, 2.05) is 37.4 Å². The van der Waals surface area contributed by atoms with Crippen LogP contribution in [0.3, 0.4) is 0 Å². The number of carbonyl (C=O) groups is 1. The second-order valence-corrected chi connectivity index (χ2v) is 7.60. The van der Waals surface area contributed by atoms with Crippen LogP contribution in [0.2, 0.25) is 5.02 Å². The predicted molar refractivity (Wildman–Crippen MR) is 111 cm³/mol. The van der Waals surface area contributed by atoms with E-state index in [0.717, 1.165) is 22.4 Å². The summed E-state index contributed by atoms with van der Waals surface area (Å²) in [5, 5.41) is 4.52. The summed E-state index contributed by atoms with van der Waals surface area (Å²) in [6.45, 7) is 1.40. The Morgan fingerprint density at radius 2 is 1.97 bits per heavy atom. The van der Waals surface area contributed by atoms with Gasteiger partial charge in [-0.1, -0.05) is 23.7 Å². The molecule has 0 spiro atoms. The average Bonchev–Trinajstić information content (AvgIpc) is 3.14. The van der Waals surface area contributed by atoms with Gasteiger partial charge in [-0.2, -0.15) is 8.78 Å². The molecule has 29 heavy (non-hydrogen) atoms. The van der Waals surface area contributed by atoms with E-state index >= 15 is 0 Å². The maximum Gasteiger partial charge on any atom is 0.387 e. The van der Waals surface area contributed by atoms with Gasteiger partial charge in [0.15, 0.2) is 0 Å². The fourth-order valence-electron chi connectivity index (χ4n) is 2.57. The maximum absolute atomic E-state index is 12.4. The minimum atomic E-state index is -2.97. The number of nitrogens with one attached hydrogen (secondary N) is 1. The summed E-state index contributed by atoms with van der Waals surface area (Å²) in [5.41, 5.74) is 3.48. The van der Waals surface area contributed by atoms with Crippen LogP contribution in [0.1, 0.15) is 26.4 Å². The molecule has 1 aromatic heterocycles. The van der Waals surface area contributed by atoms with Gasteiger partial charge in [0.2, 0.25) is 0 Å². The number of amides is 1. The van der Waals surface area contributed by atoms with Gasteiger partial charge < -0.3 is 14.8 Å². The number of alkyl halides is 2. The van der Waals surface area contributed by atoms with Crippen LogP contribution in [0.15, 0.2) is 47.8 Å². The van der Waals surface area contributed by atoms with Gasteiger partial charge in [-0.15, -0.1) is 11.3 Å². The first kappa shape index (κ1) is 21.1. The van der Waals surface area contributed by atoms with Crippen LogP contribution in [0.5, 0.6) is 11.5 Å². The third-order valence-electron chi connectivity index (χ3n) is 4.23. The lowest BCUT2D eigenvalue weighted by Crippen LogP contribution is -2.10. The molecule has 152 valence electrons. The first-order chi connectivity index (χ1) is 13.8. The lowest BCUT2D eigenvalue weighted by molar-refractivity contribution is -0.0497. The lowest BCUT2D eigenvalue weighted by atomic mass is 10.1. The fourth-order valence-corrected chi connectivity index (χ4v) is 3.59. The van der Waals surface area contributed by atoms with Crippen molar-refractivity contribution in [2.24, 2.45) is 0 Å². The minimum absolute atomic E-state index is 0.0168. The molecular formula is C21H18ClF2NO3S. The van der Waals surface area contributed by atoms with Gasteiger partial charge in [0.25, 0.3) is 5.91 Å². The van der Waals surface area contributed by atoms with Gasteiger partial charge in [0, 0.05) is 11.3 Å². The van der Waals surface area contributed by atoms with Gasteiger partial charge in [-0.05, 0) is 60.7 Å². The van der Waals surface area contributed by atoms with Crippen molar-refractivity contribution in [1.82, 2.24) is 0 Å². The van der Waals surface area contributed by atoms with Gasteiger partial charge in [0.05, 0.1) is 9.90 Å². The summed E-state index contributed by atoms with van der Waals surface area (Å²) in [7, 11) is 0. The topological polar surface area (TPSA) is 47.6 Å². The molecule has 0 radical (unpaired) electrons. The number of thiophene rings is 1. The van der Waals surface area contributed by atoms with Gasteiger partial charge in [-0.3, -0.25) is 4.79 Å². The number of carbonyl (C=O) groups excluding carboxylic acids is 1. The van der Waals surface area contributed by atoms with Gasteiger partial charge >= 0.3 is 6.61 Å². The molecular weight excluding hydrogens is 420 g/mol. The molecule has 4 nitrogen and oxygen atoms in total. The highest BCUT2D eigenvalue weighted by molar-refractivity contribution is 7.12. The van der Waals surface area contributed by atoms with Gasteiger partial charge in [0.1, 0.15) is 18.1 Å². The van der Waals surface area contributed by atoms with Crippen LogP contribution in [0.4, 0.5) is 14.5 Å². The Kier molecular flexibility index (Phi) is 6.71. The average molecular weight is 438 g/mol. The fraction of sp³-hybridized carbons (Fsp3) is 0.190. The van der Waals surface area contributed by atoms with Gasteiger partial charge in [-0.25, -0.2) is 0 Å². The van der Waals surface area contributed by atoms with E-state index in [-0.39, 0.29) is 16.7 Å². The number of ether oxygens (including phenoxy) is 2. The Hall–Kier alpha value is -2.64. The number of benzene rings is 2. The van der Waals surface area contributed by atoms with E-state index in [2.05, 4.69) is 10.1 Å². The van der Waals surface area contributed by atoms with Crippen LogP contribution < -0.4 is 14.8 Å². The standard InChI is InChI=1S/C21H18ClF2NO3S/c1-12-4-3-5-17(13(12)2)27-10-14-8-19(29-11-14)20(26)25-15-6-7-18(16(22)9-15)28-21(23)24/h3-9,11,21H,10H2,1-2H3,(H,25,26). The zero-order valence-corrected chi connectivity index (χ0v) is 17.2. The Morgan fingerprint density at radius 3 is 2.69 bits per heavy atom. The van der Waals surface area contributed by atoms with E-state index in [1.165, 1.54) is 29.5 Å². The summed E-state index contributed by atoms with van der Waals surface area (Å²) in [5.74, 6) is 0.330. The van der Waals surface area contributed by atoms with Crippen molar-refractivity contribution in [2.45, 2.75) is 27.1 Å². The number of rotatable bonds is 7. The summed E-state index contributed by atoms with van der Waals surface area (Å²) < 4.78 is 34.7. The maximum atomic E-state index is 12.4. The van der Waals surface area contributed by atoms with Crippen molar-refractivity contribution in [3.8, 4) is 11.5 Å². The number of aryl methyl sites for hydroxylation is 1. The molecule has 0 saturated carbocycles. The van der Waals surface area contributed by atoms with E-state index in [0.29, 0.717) is 17.2 Å².